The minimum Gasteiger partial charge on any atom is -0.481 e. The van der Waals surface area contributed by atoms with Crippen molar-refractivity contribution in [3.05, 3.63) is 39.9 Å². The van der Waals surface area contributed by atoms with Crippen LogP contribution >= 0.6 is 23.2 Å². The van der Waals surface area contributed by atoms with Crippen LogP contribution in [0.25, 0.3) is 6.08 Å². The molecule has 2 N–H and O–H groups in total. The zero-order valence-corrected chi connectivity index (χ0v) is 15.6. The number of esters is 3. The first kappa shape index (κ1) is 22.6. The number of ether oxygens (including phenoxy) is 2. The zero-order valence-electron chi connectivity index (χ0n) is 14.1. The van der Waals surface area contributed by atoms with Gasteiger partial charge in [-0.1, -0.05) is 29.3 Å². The van der Waals surface area contributed by atoms with Crippen LogP contribution in [0, 0.1) is 0 Å². The van der Waals surface area contributed by atoms with E-state index in [4.69, 9.17) is 28.3 Å². The third-order valence-electron chi connectivity index (χ3n) is 3.11. The maximum Gasteiger partial charge on any atom is 0.339 e. The SMILES string of the molecule is CCOC(=O)C(O)(CC(=O)O)CC(=O)OC(=O)/C=C/c1ccc(Cl)cc1Cl. The third kappa shape index (κ3) is 7.38. The molecule has 0 aliphatic rings. The van der Waals surface area contributed by atoms with E-state index in [2.05, 4.69) is 9.47 Å². The van der Waals surface area contributed by atoms with Crippen molar-refractivity contribution in [1.29, 1.82) is 0 Å². The van der Waals surface area contributed by atoms with Gasteiger partial charge in [0.15, 0.2) is 5.60 Å². The Labute approximate surface area is 164 Å². The molecule has 146 valence electrons. The van der Waals surface area contributed by atoms with Gasteiger partial charge in [-0.05, 0) is 30.7 Å². The van der Waals surface area contributed by atoms with Crippen LogP contribution in [0.15, 0.2) is 24.3 Å². The van der Waals surface area contributed by atoms with Crippen molar-refractivity contribution in [3.8, 4) is 0 Å². The molecule has 0 radical (unpaired) electrons. The summed E-state index contributed by atoms with van der Waals surface area (Å²) < 4.78 is 9.00. The van der Waals surface area contributed by atoms with Gasteiger partial charge in [0.1, 0.15) is 0 Å². The summed E-state index contributed by atoms with van der Waals surface area (Å²) in [7, 11) is 0. The molecule has 27 heavy (non-hydrogen) atoms. The van der Waals surface area contributed by atoms with Crippen LogP contribution in [-0.4, -0.2) is 46.3 Å². The molecule has 1 rings (SSSR count). The van der Waals surface area contributed by atoms with Gasteiger partial charge in [0, 0.05) is 16.1 Å². The molecular weight excluding hydrogens is 403 g/mol. The second-order valence-corrected chi connectivity index (χ2v) is 6.14. The number of carboxylic acid groups (broad SMARTS) is 1. The summed E-state index contributed by atoms with van der Waals surface area (Å²) in [6.45, 7) is 1.30. The highest BCUT2D eigenvalue weighted by Gasteiger charge is 2.43. The molecule has 1 aromatic rings. The molecule has 1 unspecified atom stereocenters. The van der Waals surface area contributed by atoms with Crippen LogP contribution in [0.4, 0.5) is 0 Å². The van der Waals surface area contributed by atoms with Crippen LogP contribution in [-0.2, 0) is 28.7 Å². The van der Waals surface area contributed by atoms with Crippen LogP contribution in [0.3, 0.4) is 0 Å². The maximum atomic E-state index is 11.8. The fourth-order valence-corrected chi connectivity index (χ4v) is 2.41. The minimum atomic E-state index is -2.65. The number of hydrogen-bond acceptors (Lipinski definition) is 7. The second-order valence-electron chi connectivity index (χ2n) is 5.29. The van der Waals surface area contributed by atoms with Crippen molar-refractivity contribution in [1.82, 2.24) is 0 Å². The molecular formula is C17H16Cl2O8. The smallest absolute Gasteiger partial charge is 0.339 e. The second kappa shape index (κ2) is 10.1. The fraction of sp³-hybridized carbons (Fsp3) is 0.294. The van der Waals surface area contributed by atoms with E-state index in [-0.39, 0.29) is 11.6 Å². The Balaban J connectivity index is 2.77. The van der Waals surface area contributed by atoms with Crippen LogP contribution < -0.4 is 0 Å². The average Bonchev–Trinajstić information content (AvgIpc) is 2.53. The summed E-state index contributed by atoms with van der Waals surface area (Å²) >= 11 is 11.7. The highest BCUT2D eigenvalue weighted by atomic mass is 35.5. The predicted octanol–water partition coefficient (Wildman–Crippen LogP) is 2.24. The lowest BCUT2D eigenvalue weighted by Gasteiger charge is -2.22. The Kier molecular flexibility index (Phi) is 8.42. The lowest BCUT2D eigenvalue weighted by molar-refractivity contribution is -0.177. The average molecular weight is 419 g/mol. The number of halogens is 2. The molecule has 0 heterocycles. The van der Waals surface area contributed by atoms with Gasteiger partial charge in [0.05, 0.1) is 19.4 Å². The molecule has 0 fully saturated rings. The summed E-state index contributed by atoms with van der Waals surface area (Å²) in [5, 5.41) is 19.6. The van der Waals surface area contributed by atoms with E-state index in [0.29, 0.717) is 10.6 Å². The molecule has 0 amide bonds. The standard InChI is InChI=1S/C17H16Cl2O8/c1-2-26-16(24)17(25,8-13(20)21)9-15(23)27-14(22)6-4-10-3-5-11(18)7-12(10)19/h3-7,25H,2,8-9H2,1H3,(H,20,21)/b6-4+. The molecule has 0 aliphatic heterocycles. The first-order valence-electron chi connectivity index (χ1n) is 7.56. The van der Waals surface area contributed by atoms with E-state index in [9.17, 15) is 24.3 Å². The minimum absolute atomic E-state index is 0.140. The molecule has 1 aromatic carbocycles. The highest BCUT2D eigenvalue weighted by molar-refractivity contribution is 6.35. The van der Waals surface area contributed by atoms with Crippen molar-refractivity contribution in [2.75, 3.05) is 6.61 Å². The van der Waals surface area contributed by atoms with E-state index < -0.39 is 42.3 Å². The highest BCUT2D eigenvalue weighted by Crippen LogP contribution is 2.22. The number of hydrogen-bond donors (Lipinski definition) is 2. The van der Waals surface area contributed by atoms with E-state index in [1.54, 1.807) is 0 Å². The lowest BCUT2D eigenvalue weighted by atomic mass is 9.96. The quantitative estimate of drug-likeness (QED) is 0.373. The van der Waals surface area contributed by atoms with E-state index in [0.717, 1.165) is 6.08 Å². The van der Waals surface area contributed by atoms with Crippen LogP contribution in [0.5, 0.6) is 0 Å². The third-order valence-corrected chi connectivity index (χ3v) is 3.67. The normalized spacial score (nSPS) is 13.0. The summed E-state index contributed by atoms with van der Waals surface area (Å²) in [6.07, 6.45) is 0.00145. The Bertz CT molecular complexity index is 774. The van der Waals surface area contributed by atoms with Crippen molar-refractivity contribution in [2.24, 2.45) is 0 Å². The molecule has 0 bridgehead atoms. The van der Waals surface area contributed by atoms with Gasteiger partial charge in [-0.15, -0.1) is 0 Å². The number of aliphatic carboxylic acids is 1. The maximum absolute atomic E-state index is 11.8. The summed E-state index contributed by atoms with van der Waals surface area (Å²) in [5.41, 5.74) is -2.22. The Morgan fingerprint density at radius 3 is 2.41 bits per heavy atom. The molecule has 0 saturated carbocycles. The zero-order chi connectivity index (χ0) is 20.6. The Morgan fingerprint density at radius 2 is 1.85 bits per heavy atom. The van der Waals surface area contributed by atoms with Gasteiger partial charge >= 0.3 is 23.9 Å². The van der Waals surface area contributed by atoms with Gasteiger partial charge in [0.2, 0.25) is 0 Å². The number of carboxylic acids is 1. The molecule has 10 heteroatoms. The van der Waals surface area contributed by atoms with Crippen molar-refractivity contribution < 1.29 is 38.9 Å². The van der Waals surface area contributed by atoms with Gasteiger partial charge in [-0.2, -0.15) is 0 Å². The summed E-state index contributed by atoms with van der Waals surface area (Å²) in [4.78, 5) is 46.0. The van der Waals surface area contributed by atoms with Gasteiger partial charge in [-0.3, -0.25) is 9.59 Å². The van der Waals surface area contributed by atoms with E-state index in [1.807, 2.05) is 0 Å². The number of benzene rings is 1. The topological polar surface area (TPSA) is 127 Å². The van der Waals surface area contributed by atoms with Gasteiger partial charge in [0.25, 0.3) is 0 Å². The number of carbonyl (C=O) groups excluding carboxylic acids is 3. The van der Waals surface area contributed by atoms with E-state index in [1.165, 1.54) is 31.2 Å². The van der Waals surface area contributed by atoms with Gasteiger partial charge < -0.3 is 19.7 Å². The first-order chi connectivity index (χ1) is 12.6. The van der Waals surface area contributed by atoms with Crippen molar-refractivity contribution in [3.63, 3.8) is 0 Å². The van der Waals surface area contributed by atoms with Crippen molar-refractivity contribution in [2.45, 2.75) is 25.4 Å². The Hall–Kier alpha value is -2.42. The monoisotopic (exact) mass is 418 g/mol. The molecule has 1 atom stereocenters. The molecule has 0 saturated heterocycles. The number of rotatable bonds is 8. The fourth-order valence-electron chi connectivity index (χ4n) is 1.94. The van der Waals surface area contributed by atoms with Crippen molar-refractivity contribution >= 4 is 53.2 Å². The van der Waals surface area contributed by atoms with E-state index >= 15 is 0 Å². The summed E-state index contributed by atoms with van der Waals surface area (Å²) in [6, 6.07) is 4.52. The van der Waals surface area contributed by atoms with Crippen LogP contribution in [0.1, 0.15) is 25.3 Å². The predicted molar refractivity (Wildman–Crippen MR) is 95.0 cm³/mol. The largest absolute Gasteiger partial charge is 0.481 e. The lowest BCUT2D eigenvalue weighted by Crippen LogP contribution is -2.44. The van der Waals surface area contributed by atoms with Crippen LogP contribution in [0.2, 0.25) is 10.0 Å². The van der Waals surface area contributed by atoms with Gasteiger partial charge in [-0.25, -0.2) is 9.59 Å². The first-order valence-corrected chi connectivity index (χ1v) is 8.32. The summed E-state index contributed by atoms with van der Waals surface area (Å²) in [5.74, 6) is -5.25. The molecule has 0 aromatic heterocycles. The number of carbonyl (C=O) groups is 4. The molecule has 0 spiro atoms. The number of aliphatic hydroxyl groups is 1. The molecule has 8 nitrogen and oxygen atoms in total. The molecule has 0 aliphatic carbocycles. The Morgan fingerprint density at radius 1 is 1.19 bits per heavy atom.